The minimum absolute atomic E-state index is 0.0718. The fourth-order valence-electron chi connectivity index (χ4n) is 1.72. The molecule has 1 heterocycles. The van der Waals surface area contributed by atoms with Gasteiger partial charge in [0.2, 0.25) is 0 Å². The van der Waals surface area contributed by atoms with Crippen LogP contribution in [-0.4, -0.2) is 10.1 Å². The molecule has 2 aromatic rings. The Balaban J connectivity index is 2.65. The zero-order chi connectivity index (χ0) is 14.2. The van der Waals surface area contributed by atoms with Crippen molar-refractivity contribution < 1.29 is 18.3 Å². The van der Waals surface area contributed by atoms with Crippen LogP contribution in [0.15, 0.2) is 30.5 Å². The van der Waals surface area contributed by atoms with Gasteiger partial charge in [-0.2, -0.15) is 0 Å². The molecule has 0 fully saturated rings. The average Bonchev–Trinajstić information content (AvgIpc) is 2.29. The Bertz CT molecular complexity index is 597. The van der Waals surface area contributed by atoms with Crippen LogP contribution in [0.2, 0.25) is 0 Å². The molecule has 0 saturated heterocycles. The molecule has 19 heavy (non-hydrogen) atoms. The minimum Gasteiger partial charge on any atom is -0.386 e. The lowest BCUT2D eigenvalue weighted by Crippen LogP contribution is -2.16. The second kappa shape index (κ2) is 4.66. The van der Waals surface area contributed by atoms with Gasteiger partial charge in [0.1, 0.15) is 23.1 Å². The third-order valence-electron chi connectivity index (χ3n) is 2.74. The van der Waals surface area contributed by atoms with Gasteiger partial charge in [-0.15, -0.1) is 0 Å². The Hall–Kier alpha value is -1.88. The SMILES string of the molecule is CC(C)(O)c1cc(F)c(-c2ncccc2F)c(F)c1. The largest absolute Gasteiger partial charge is 0.386 e. The molecule has 100 valence electrons. The topological polar surface area (TPSA) is 33.1 Å². The van der Waals surface area contributed by atoms with Crippen LogP contribution in [0.25, 0.3) is 11.3 Å². The highest BCUT2D eigenvalue weighted by molar-refractivity contribution is 5.62. The lowest BCUT2D eigenvalue weighted by atomic mass is 9.95. The maximum atomic E-state index is 13.9. The van der Waals surface area contributed by atoms with Gasteiger partial charge in [0.05, 0.1) is 11.2 Å². The summed E-state index contributed by atoms with van der Waals surface area (Å²) in [5, 5.41) is 9.73. The molecule has 0 unspecified atom stereocenters. The molecule has 0 saturated carbocycles. The first-order valence-corrected chi connectivity index (χ1v) is 5.63. The van der Waals surface area contributed by atoms with E-state index in [2.05, 4.69) is 4.98 Å². The standard InChI is InChI=1S/C14H12F3NO/c1-14(2,19)8-6-10(16)12(11(17)7-8)13-9(15)4-3-5-18-13/h3-7,19H,1-2H3. The van der Waals surface area contributed by atoms with Gasteiger partial charge in [-0.3, -0.25) is 4.98 Å². The highest BCUT2D eigenvalue weighted by Crippen LogP contribution is 2.30. The summed E-state index contributed by atoms with van der Waals surface area (Å²) < 4.78 is 41.4. The summed E-state index contributed by atoms with van der Waals surface area (Å²) in [5.74, 6) is -2.74. The van der Waals surface area contributed by atoms with Gasteiger partial charge >= 0.3 is 0 Å². The van der Waals surface area contributed by atoms with Crippen LogP contribution in [0.5, 0.6) is 0 Å². The molecule has 1 aromatic carbocycles. The molecule has 0 bridgehead atoms. The molecule has 0 amide bonds. The van der Waals surface area contributed by atoms with Gasteiger partial charge in [-0.05, 0) is 43.7 Å². The number of halogens is 3. The molecule has 2 nitrogen and oxygen atoms in total. The second-order valence-corrected chi connectivity index (χ2v) is 4.71. The van der Waals surface area contributed by atoms with Crippen molar-refractivity contribution >= 4 is 0 Å². The average molecular weight is 267 g/mol. The summed E-state index contributed by atoms with van der Waals surface area (Å²) in [6.45, 7) is 2.81. The van der Waals surface area contributed by atoms with Crippen LogP contribution >= 0.6 is 0 Å². The highest BCUT2D eigenvalue weighted by Gasteiger charge is 2.23. The van der Waals surface area contributed by atoms with E-state index in [0.717, 1.165) is 18.2 Å². The predicted octanol–water partition coefficient (Wildman–Crippen LogP) is 3.39. The van der Waals surface area contributed by atoms with Crippen LogP contribution in [0, 0.1) is 17.5 Å². The number of aliphatic hydroxyl groups is 1. The zero-order valence-corrected chi connectivity index (χ0v) is 10.4. The van der Waals surface area contributed by atoms with E-state index < -0.39 is 28.6 Å². The molecular weight excluding hydrogens is 255 g/mol. The number of pyridine rings is 1. The Kier molecular flexibility index (Phi) is 3.32. The Labute approximate surface area is 108 Å². The molecular formula is C14H12F3NO. The van der Waals surface area contributed by atoms with Crippen LogP contribution in [0.1, 0.15) is 19.4 Å². The monoisotopic (exact) mass is 267 g/mol. The van der Waals surface area contributed by atoms with E-state index in [-0.39, 0.29) is 11.3 Å². The molecule has 0 aliphatic rings. The van der Waals surface area contributed by atoms with Gasteiger partial charge in [-0.1, -0.05) is 0 Å². The predicted molar refractivity (Wildman–Crippen MR) is 64.8 cm³/mol. The lowest BCUT2D eigenvalue weighted by molar-refractivity contribution is 0.0779. The smallest absolute Gasteiger partial charge is 0.149 e. The molecule has 1 N–H and O–H groups in total. The molecule has 0 atom stereocenters. The first-order chi connectivity index (χ1) is 8.80. The number of nitrogens with zero attached hydrogens (tertiary/aromatic N) is 1. The van der Waals surface area contributed by atoms with Crippen molar-refractivity contribution in [3.63, 3.8) is 0 Å². The van der Waals surface area contributed by atoms with Gasteiger partial charge in [0.15, 0.2) is 0 Å². The van der Waals surface area contributed by atoms with E-state index in [9.17, 15) is 18.3 Å². The number of benzene rings is 1. The van der Waals surface area contributed by atoms with Crippen LogP contribution in [-0.2, 0) is 5.60 Å². The first-order valence-electron chi connectivity index (χ1n) is 5.63. The maximum absolute atomic E-state index is 13.9. The van der Waals surface area contributed by atoms with E-state index in [0.29, 0.717) is 0 Å². The second-order valence-electron chi connectivity index (χ2n) is 4.71. The highest BCUT2D eigenvalue weighted by atomic mass is 19.1. The maximum Gasteiger partial charge on any atom is 0.149 e. The summed E-state index contributed by atoms with van der Waals surface area (Å²) in [7, 11) is 0. The van der Waals surface area contributed by atoms with Crippen LogP contribution in [0.4, 0.5) is 13.2 Å². The minimum atomic E-state index is -1.39. The van der Waals surface area contributed by atoms with Gasteiger partial charge < -0.3 is 5.11 Å². The normalized spacial score (nSPS) is 11.7. The fraction of sp³-hybridized carbons (Fsp3) is 0.214. The summed E-state index contributed by atoms with van der Waals surface area (Å²) >= 11 is 0. The van der Waals surface area contributed by atoms with E-state index in [1.54, 1.807) is 0 Å². The number of rotatable bonds is 2. The van der Waals surface area contributed by atoms with Crippen molar-refractivity contribution in [3.8, 4) is 11.3 Å². The molecule has 2 rings (SSSR count). The van der Waals surface area contributed by atoms with Crippen LogP contribution < -0.4 is 0 Å². The lowest BCUT2D eigenvalue weighted by Gasteiger charge is -2.19. The van der Waals surface area contributed by atoms with Gasteiger partial charge in [0, 0.05) is 6.20 Å². The van der Waals surface area contributed by atoms with Gasteiger partial charge in [0.25, 0.3) is 0 Å². The van der Waals surface area contributed by atoms with Crippen molar-refractivity contribution in [1.29, 1.82) is 0 Å². The van der Waals surface area contributed by atoms with Crippen molar-refractivity contribution in [2.75, 3.05) is 0 Å². The zero-order valence-electron chi connectivity index (χ0n) is 10.4. The Morgan fingerprint density at radius 2 is 1.63 bits per heavy atom. The van der Waals surface area contributed by atoms with Crippen LogP contribution in [0.3, 0.4) is 0 Å². The fourth-order valence-corrected chi connectivity index (χ4v) is 1.72. The summed E-state index contributed by atoms with van der Waals surface area (Å²) in [6.07, 6.45) is 1.25. The number of hydrogen-bond donors (Lipinski definition) is 1. The summed E-state index contributed by atoms with van der Waals surface area (Å²) in [6, 6.07) is 4.37. The van der Waals surface area contributed by atoms with Gasteiger partial charge in [-0.25, -0.2) is 13.2 Å². The molecule has 1 aromatic heterocycles. The number of aromatic nitrogens is 1. The van der Waals surface area contributed by atoms with E-state index in [1.165, 1.54) is 26.1 Å². The summed E-state index contributed by atoms with van der Waals surface area (Å²) in [5.41, 5.74) is -2.24. The summed E-state index contributed by atoms with van der Waals surface area (Å²) in [4.78, 5) is 3.64. The van der Waals surface area contributed by atoms with Crippen molar-refractivity contribution in [1.82, 2.24) is 4.98 Å². The van der Waals surface area contributed by atoms with Crippen molar-refractivity contribution in [2.45, 2.75) is 19.4 Å². The Morgan fingerprint density at radius 1 is 1.05 bits per heavy atom. The first kappa shape index (κ1) is 13.5. The van der Waals surface area contributed by atoms with Crippen molar-refractivity contribution in [3.05, 3.63) is 53.5 Å². The third-order valence-corrected chi connectivity index (χ3v) is 2.74. The van der Waals surface area contributed by atoms with E-state index in [1.807, 2.05) is 0 Å². The molecule has 0 radical (unpaired) electrons. The Morgan fingerprint density at radius 3 is 2.11 bits per heavy atom. The molecule has 0 spiro atoms. The van der Waals surface area contributed by atoms with E-state index >= 15 is 0 Å². The number of hydrogen-bond acceptors (Lipinski definition) is 2. The molecule has 0 aliphatic carbocycles. The molecule has 0 aliphatic heterocycles. The van der Waals surface area contributed by atoms with Crippen molar-refractivity contribution in [2.24, 2.45) is 0 Å². The van der Waals surface area contributed by atoms with E-state index in [4.69, 9.17) is 0 Å². The third kappa shape index (κ3) is 2.61. The quantitative estimate of drug-likeness (QED) is 0.904. The molecule has 5 heteroatoms.